The Morgan fingerprint density at radius 1 is 0.946 bits per heavy atom. The Labute approximate surface area is 214 Å². The van der Waals surface area contributed by atoms with Crippen molar-refractivity contribution in [2.45, 2.75) is 6.92 Å². The molecule has 0 atom stereocenters. The number of amides is 2. The lowest BCUT2D eigenvalue weighted by atomic mass is 10.1. The Hall–Kier alpha value is -4.60. The summed E-state index contributed by atoms with van der Waals surface area (Å²) in [5.41, 5.74) is 2.09. The standard InChI is InChI=1S/C27H28N4O6/c1-3-37-25-13-6-20(18-24(25)31(34)35)26(32)28-21-7-9-22(10-8-21)29-14-16-30(17-15-29)27(33)19-4-11-23(36-2)12-5-19/h4-13,18H,3,14-17H2,1-2H3,(H,28,32). The molecule has 1 N–H and O–H groups in total. The maximum Gasteiger partial charge on any atom is 0.311 e. The third-order valence-corrected chi connectivity index (χ3v) is 6.11. The van der Waals surface area contributed by atoms with E-state index in [1.807, 2.05) is 17.0 Å². The third kappa shape index (κ3) is 5.97. The second kappa shape index (κ2) is 11.4. The van der Waals surface area contributed by atoms with Gasteiger partial charge in [0.1, 0.15) is 5.75 Å². The fraction of sp³-hybridized carbons (Fsp3) is 0.259. The number of hydrogen-bond acceptors (Lipinski definition) is 7. The van der Waals surface area contributed by atoms with Crippen LogP contribution in [0.5, 0.6) is 11.5 Å². The van der Waals surface area contributed by atoms with Gasteiger partial charge in [0.2, 0.25) is 0 Å². The second-order valence-electron chi connectivity index (χ2n) is 8.38. The molecule has 0 radical (unpaired) electrons. The molecule has 0 spiro atoms. The molecule has 0 unspecified atom stereocenters. The van der Waals surface area contributed by atoms with Crippen LogP contribution in [0.25, 0.3) is 0 Å². The monoisotopic (exact) mass is 504 g/mol. The van der Waals surface area contributed by atoms with Gasteiger partial charge in [-0.25, -0.2) is 0 Å². The normalized spacial score (nSPS) is 13.1. The smallest absolute Gasteiger partial charge is 0.311 e. The van der Waals surface area contributed by atoms with Crippen LogP contribution in [0.15, 0.2) is 66.7 Å². The zero-order valence-electron chi connectivity index (χ0n) is 20.7. The van der Waals surface area contributed by atoms with Gasteiger partial charge >= 0.3 is 5.69 Å². The van der Waals surface area contributed by atoms with Crippen molar-refractivity contribution in [1.82, 2.24) is 4.90 Å². The number of hydrogen-bond donors (Lipinski definition) is 1. The molecule has 10 nitrogen and oxygen atoms in total. The van der Waals surface area contributed by atoms with Crippen LogP contribution in [-0.4, -0.2) is 61.5 Å². The van der Waals surface area contributed by atoms with E-state index in [0.717, 1.165) is 5.69 Å². The molecule has 3 aromatic carbocycles. The van der Waals surface area contributed by atoms with Gasteiger partial charge in [0.25, 0.3) is 11.8 Å². The number of ether oxygens (including phenoxy) is 2. The van der Waals surface area contributed by atoms with Crippen molar-refractivity contribution in [3.05, 3.63) is 88.0 Å². The van der Waals surface area contributed by atoms with Crippen LogP contribution < -0.4 is 19.7 Å². The SMILES string of the molecule is CCOc1ccc(C(=O)Nc2ccc(N3CCN(C(=O)c4ccc(OC)cc4)CC3)cc2)cc1[N+](=O)[O-]. The Morgan fingerprint density at radius 3 is 2.19 bits per heavy atom. The highest BCUT2D eigenvalue weighted by Gasteiger charge is 2.23. The number of rotatable bonds is 8. The van der Waals surface area contributed by atoms with Gasteiger partial charge < -0.3 is 24.6 Å². The molecule has 1 aliphatic heterocycles. The minimum Gasteiger partial charge on any atom is -0.497 e. The maximum absolute atomic E-state index is 12.8. The van der Waals surface area contributed by atoms with Crippen molar-refractivity contribution in [2.24, 2.45) is 0 Å². The summed E-state index contributed by atoms with van der Waals surface area (Å²) in [5, 5.41) is 14.1. The van der Waals surface area contributed by atoms with E-state index >= 15 is 0 Å². The van der Waals surface area contributed by atoms with Crippen LogP contribution in [-0.2, 0) is 0 Å². The number of benzene rings is 3. The number of carbonyl (C=O) groups excluding carboxylic acids is 2. The molecule has 192 valence electrons. The predicted octanol–water partition coefficient (Wildman–Crippen LogP) is 4.22. The molecule has 37 heavy (non-hydrogen) atoms. The van der Waals surface area contributed by atoms with Crippen molar-refractivity contribution < 1.29 is 24.0 Å². The highest BCUT2D eigenvalue weighted by molar-refractivity contribution is 6.05. The highest BCUT2D eigenvalue weighted by atomic mass is 16.6. The van der Waals surface area contributed by atoms with E-state index in [1.54, 1.807) is 50.4 Å². The van der Waals surface area contributed by atoms with Gasteiger partial charge in [0.15, 0.2) is 5.75 Å². The summed E-state index contributed by atoms with van der Waals surface area (Å²) in [6.45, 7) is 4.58. The van der Waals surface area contributed by atoms with Crippen LogP contribution in [0.2, 0.25) is 0 Å². The maximum atomic E-state index is 12.8. The van der Waals surface area contributed by atoms with Crippen LogP contribution in [0.4, 0.5) is 17.1 Å². The Balaban J connectivity index is 1.34. The number of anilines is 2. The largest absolute Gasteiger partial charge is 0.497 e. The van der Waals surface area contributed by atoms with Gasteiger partial charge in [-0.1, -0.05) is 0 Å². The van der Waals surface area contributed by atoms with Crippen molar-refractivity contribution in [3.8, 4) is 11.5 Å². The first kappa shape index (κ1) is 25.5. The topological polar surface area (TPSA) is 114 Å². The second-order valence-corrected chi connectivity index (χ2v) is 8.38. The first-order valence-corrected chi connectivity index (χ1v) is 11.9. The fourth-order valence-corrected chi connectivity index (χ4v) is 4.12. The number of nitro benzene ring substituents is 1. The zero-order valence-corrected chi connectivity index (χ0v) is 20.7. The molecule has 1 saturated heterocycles. The summed E-state index contributed by atoms with van der Waals surface area (Å²) in [6.07, 6.45) is 0. The van der Waals surface area contributed by atoms with E-state index in [-0.39, 0.29) is 29.5 Å². The van der Waals surface area contributed by atoms with E-state index in [9.17, 15) is 19.7 Å². The quantitative estimate of drug-likeness (QED) is 0.361. The van der Waals surface area contributed by atoms with Crippen molar-refractivity contribution >= 4 is 28.9 Å². The van der Waals surface area contributed by atoms with E-state index in [0.29, 0.717) is 43.2 Å². The van der Waals surface area contributed by atoms with E-state index in [4.69, 9.17) is 9.47 Å². The van der Waals surface area contributed by atoms with Crippen molar-refractivity contribution in [2.75, 3.05) is 50.1 Å². The van der Waals surface area contributed by atoms with Gasteiger partial charge in [0, 0.05) is 54.7 Å². The van der Waals surface area contributed by atoms with Crippen molar-refractivity contribution in [1.29, 1.82) is 0 Å². The predicted molar refractivity (Wildman–Crippen MR) is 140 cm³/mol. The van der Waals surface area contributed by atoms with Crippen LogP contribution in [0, 0.1) is 10.1 Å². The molecule has 0 aromatic heterocycles. The number of methoxy groups -OCH3 is 1. The van der Waals surface area contributed by atoms with Crippen LogP contribution >= 0.6 is 0 Å². The first-order valence-electron chi connectivity index (χ1n) is 11.9. The molecule has 0 bridgehead atoms. The van der Waals surface area contributed by atoms with E-state index in [2.05, 4.69) is 10.2 Å². The average molecular weight is 505 g/mol. The number of nitro groups is 1. The summed E-state index contributed by atoms with van der Waals surface area (Å²) < 4.78 is 10.4. The van der Waals surface area contributed by atoms with Crippen LogP contribution in [0.3, 0.4) is 0 Å². The van der Waals surface area contributed by atoms with Gasteiger partial charge in [0.05, 0.1) is 18.6 Å². The number of nitrogens with zero attached hydrogens (tertiary/aromatic N) is 3. The molecule has 0 aliphatic carbocycles. The molecule has 1 fully saturated rings. The fourth-order valence-electron chi connectivity index (χ4n) is 4.12. The van der Waals surface area contributed by atoms with Gasteiger partial charge in [-0.05, 0) is 67.6 Å². The Kier molecular flexibility index (Phi) is 7.87. The minimum atomic E-state index is -0.569. The summed E-state index contributed by atoms with van der Waals surface area (Å²) in [6, 6.07) is 18.6. The Morgan fingerprint density at radius 2 is 1.59 bits per heavy atom. The molecule has 3 aromatic rings. The summed E-state index contributed by atoms with van der Waals surface area (Å²) in [4.78, 5) is 40.2. The average Bonchev–Trinajstić information content (AvgIpc) is 2.93. The molecular formula is C27H28N4O6. The lowest BCUT2D eigenvalue weighted by Crippen LogP contribution is -2.48. The van der Waals surface area contributed by atoms with Crippen LogP contribution in [0.1, 0.15) is 27.6 Å². The zero-order chi connectivity index (χ0) is 26.4. The lowest BCUT2D eigenvalue weighted by molar-refractivity contribution is -0.385. The number of nitrogens with one attached hydrogen (secondary N) is 1. The molecule has 4 rings (SSSR count). The highest BCUT2D eigenvalue weighted by Crippen LogP contribution is 2.28. The Bertz CT molecular complexity index is 1270. The van der Waals surface area contributed by atoms with Gasteiger partial charge in [-0.3, -0.25) is 19.7 Å². The molecule has 1 aliphatic rings. The minimum absolute atomic E-state index is 0.00473. The third-order valence-electron chi connectivity index (χ3n) is 6.11. The molecule has 0 saturated carbocycles. The molecular weight excluding hydrogens is 476 g/mol. The first-order chi connectivity index (χ1) is 17.9. The molecule has 10 heteroatoms. The number of carbonyl (C=O) groups is 2. The molecule has 2 amide bonds. The number of piperazine rings is 1. The lowest BCUT2D eigenvalue weighted by Gasteiger charge is -2.36. The summed E-state index contributed by atoms with van der Waals surface area (Å²) in [5.74, 6) is 0.375. The molecule has 1 heterocycles. The van der Waals surface area contributed by atoms with Gasteiger partial charge in [-0.2, -0.15) is 0 Å². The van der Waals surface area contributed by atoms with Gasteiger partial charge in [-0.15, -0.1) is 0 Å². The summed E-state index contributed by atoms with van der Waals surface area (Å²) >= 11 is 0. The van der Waals surface area contributed by atoms with Crippen molar-refractivity contribution in [3.63, 3.8) is 0 Å². The van der Waals surface area contributed by atoms with E-state index < -0.39 is 10.8 Å². The van der Waals surface area contributed by atoms with E-state index in [1.165, 1.54) is 18.2 Å². The summed E-state index contributed by atoms with van der Waals surface area (Å²) in [7, 11) is 1.59.